The predicted molar refractivity (Wildman–Crippen MR) is 136 cm³/mol. The Morgan fingerprint density at radius 2 is 1.86 bits per heavy atom. The minimum atomic E-state index is -0.924. The van der Waals surface area contributed by atoms with Gasteiger partial charge >= 0.3 is 0 Å². The maximum absolute atomic E-state index is 13.8. The molecule has 1 aliphatic carbocycles. The maximum atomic E-state index is 13.8. The zero-order chi connectivity index (χ0) is 25.2. The number of aliphatic imine (C=N–C) groups is 1. The third kappa shape index (κ3) is 5.27. The highest BCUT2D eigenvalue weighted by Gasteiger charge is 2.47. The van der Waals surface area contributed by atoms with Gasteiger partial charge in [-0.2, -0.15) is 5.21 Å². The molecule has 2 heterocycles. The summed E-state index contributed by atoms with van der Waals surface area (Å²) in [6, 6.07) is 4.98. The molecule has 3 N–H and O–H groups in total. The fourth-order valence-corrected chi connectivity index (χ4v) is 5.17. The van der Waals surface area contributed by atoms with Gasteiger partial charge in [-0.25, -0.2) is 0 Å². The Kier molecular flexibility index (Phi) is 7.59. The van der Waals surface area contributed by atoms with Crippen LogP contribution in [0.5, 0.6) is 0 Å². The van der Waals surface area contributed by atoms with Gasteiger partial charge in [0, 0.05) is 15.6 Å². The third-order valence-electron chi connectivity index (χ3n) is 6.58. The van der Waals surface area contributed by atoms with Crippen LogP contribution in [0, 0.1) is 0 Å². The monoisotopic (exact) mass is 517 g/mol. The first-order valence-electron chi connectivity index (χ1n) is 11.7. The summed E-state index contributed by atoms with van der Waals surface area (Å²) in [4.78, 5) is 20.6. The van der Waals surface area contributed by atoms with Gasteiger partial charge in [-0.05, 0) is 67.2 Å². The van der Waals surface area contributed by atoms with E-state index in [9.17, 15) is 9.90 Å². The molecule has 11 heteroatoms. The van der Waals surface area contributed by atoms with E-state index in [1.54, 1.807) is 18.2 Å². The second-order valence-electron chi connectivity index (χ2n) is 8.93. The van der Waals surface area contributed by atoms with E-state index in [-0.39, 0.29) is 17.9 Å². The number of benzene rings is 1. The van der Waals surface area contributed by atoms with Crippen molar-refractivity contribution in [1.82, 2.24) is 25.5 Å². The van der Waals surface area contributed by atoms with Crippen LogP contribution >= 0.6 is 23.2 Å². The number of allylic oxidation sites excluding steroid dienone is 2. The molecule has 186 valence electrons. The van der Waals surface area contributed by atoms with Crippen molar-refractivity contribution in [3.63, 3.8) is 0 Å². The molecule has 0 saturated carbocycles. The van der Waals surface area contributed by atoms with E-state index in [1.807, 2.05) is 30.9 Å². The van der Waals surface area contributed by atoms with E-state index >= 15 is 0 Å². The van der Waals surface area contributed by atoms with Crippen LogP contribution in [0.15, 0.2) is 46.5 Å². The van der Waals surface area contributed by atoms with Gasteiger partial charge in [-0.15, -0.1) is 5.10 Å². The molecule has 1 aliphatic heterocycles. The van der Waals surface area contributed by atoms with Gasteiger partial charge in [0.05, 0.1) is 6.04 Å². The lowest BCUT2D eigenvalue weighted by atomic mass is 9.88. The maximum Gasteiger partial charge on any atom is 0.275 e. The summed E-state index contributed by atoms with van der Waals surface area (Å²) in [7, 11) is 0. The Bertz CT molecular complexity index is 1160. The number of aliphatic hydroxyl groups is 1. The first-order chi connectivity index (χ1) is 16.8. The van der Waals surface area contributed by atoms with Gasteiger partial charge < -0.3 is 15.3 Å². The molecule has 3 unspecified atom stereocenters. The highest BCUT2D eigenvalue weighted by Crippen LogP contribution is 2.38. The molecule has 1 amide bonds. The van der Waals surface area contributed by atoms with Gasteiger partial charge in [-0.1, -0.05) is 60.7 Å². The number of anilines is 1. The largest absolute Gasteiger partial charge is 0.370 e. The second-order valence-corrected chi connectivity index (χ2v) is 9.81. The molecule has 0 bridgehead atoms. The van der Waals surface area contributed by atoms with Crippen LogP contribution in [0.1, 0.15) is 58.4 Å². The number of halogens is 2. The van der Waals surface area contributed by atoms with Crippen molar-refractivity contribution in [2.75, 3.05) is 5.32 Å². The molecule has 0 radical (unpaired) electrons. The standard InChI is InChI=1S/C24H29Cl2N7O2/c1-4-6-19(14-7-9-15(10-8-14)21(34)27-23-29-31-32-30-23)33-22(35)20(28-24(33,3)5-2)16-11-17(25)13-18(26)12-16/h7,9,11-13,19,21,34H,4-6,8,10H2,1-3H3,(H2,27,29,30,31,32). The van der Waals surface area contributed by atoms with Crippen LogP contribution in [0.2, 0.25) is 10.0 Å². The quantitative estimate of drug-likeness (QED) is 0.421. The number of H-pyrrole nitrogens is 1. The number of aromatic amines is 1. The molecule has 35 heavy (non-hydrogen) atoms. The first-order valence-corrected chi connectivity index (χ1v) is 12.5. The molecule has 1 aromatic heterocycles. The average molecular weight is 518 g/mol. The summed E-state index contributed by atoms with van der Waals surface area (Å²) in [5, 5.41) is 27.7. The number of nitrogens with one attached hydrogen (secondary N) is 2. The Labute approximate surface area is 214 Å². The molecular weight excluding hydrogens is 489 g/mol. The summed E-state index contributed by atoms with van der Waals surface area (Å²) in [6.45, 7) is 6.14. The number of rotatable bonds is 9. The highest BCUT2D eigenvalue weighted by atomic mass is 35.5. The second kappa shape index (κ2) is 10.5. The summed E-state index contributed by atoms with van der Waals surface area (Å²) >= 11 is 12.4. The van der Waals surface area contributed by atoms with Crippen LogP contribution in [-0.2, 0) is 4.79 Å². The Hall–Kier alpha value is -2.75. The van der Waals surface area contributed by atoms with Gasteiger partial charge in [0.2, 0.25) is 0 Å². The van der Waals surface area contributed by atoms with Crippen molar-refractivity contribution in [3.8, 4) is 0 Å². The first kappa shape index (κ1) is 25.3. The molecule has 2 aromatic rings. The van der Waals surface area contributed by atoms with E-state index in [0.29, 0.717) is 40.6 Å². The molecular formula is C24H29Cl2N7O2. The number of carbonyl (C=O) groups is 1. The summed E-state index contributed by atoms with van der Waals surface area (Å²) in [6.07, 6.45) is 6.72. The fourth-order valence-electron chi connectivity index (χ4n) is 4.65. The fraction of sp³-hybridized carbons (Fsp3) is 0.458. The van der Waals surface area contributed by atoms with Gasteiger partial charge in [-0.3, -0.25) is 9.79 Å². The van der Waals surface area contributed by atoms with Gasteiger partial charge in [0.15, 0.2) is 0 Å². The van der Waals surface area contributed by atoms with E-state index < -0.39 is 11.9 Å². The van der Waals surface area contributed by atoms with Crippen LogP contribution in [-0.4, -0.2) is 60.2 Å². The van der Waals surface area contributed by atoms with E-state index in [1.165, 1.54) is 0 Å². The van der Waals surface area contributed by atoms with Crippen molar-refractivity contribution in [3.05, 3.63) is 57.1 Å². The topological polar surface area (TPSA) is 119 Å². The molecule has 4 rings (SSSR count). The third-order valence-corrected chi connectivity index (χ3v) is 7.01. The molecule has 0 spiro atoms. The zero-order valence-electron chi connectivity index (χ0n) is 19.9. The van der Waals surface area contributed by atoms with Crippen molar-refractivity contribution in [1.29, 1.82) is 0 Å². The summed E-state index contributed by atoms with van der Waals surface area (Å²) in [5.74, 6) is 0.102. The number of nitrogens with zero attached hydrogens (tertiary/aromatic N) is 5. The normalized spacial score (nSPS) is 21.9. The number of hydrogen-bond donors (Lipinski definition) is 3. The molecule has 2 aliphatic rings. The summed E-state index contributed by atoms with van der Waals surface area (Å²) < 4.78 is 0. The van der Waals surface area contributed by atoms with Crippen molar-refractivity contribution in [2.24, 2.45) is 4.99 Å². The minimum absolute atomic E-state index is 0.117. The lowest BCUT2D eigenvalue weighted by Crippen LogP contribution is -2.51. The van der Waals surface area contributed by atoms with E-state index in [4.69, 9.17) is 28.2 Å². The smallest absolute Gasteiger partial charge is 0.275 e. The molecule has 0 saturated heterocycles. The molecule has 9 nitrogen and oxygen atoms in total. The highest BCUT2D eigenvalue weighted by molar-refractivity contribution is 6.47. The Morgan fingerprint density at radius 3 is 2.43 bits per heavy atom. The minimum Gasteiger partial charge on any atom is -0.370 e. The number of amides is 1. The summed E-state index contributed by atoms with van der Waals surface area (Å²) in [5.41, 5.74) is 2.26. The lowest BCUT2D eigenvalue weighted by Gasteiger charge is -2.40. The number of carbonyl (C=O) groups excluding carboxylic acids is 1. The van der Waals surface area contributed by atoms with Crippen molar-refractivity contribution < 1.29 is 9.90 Å². The zero-order valence-corrected chi connectivity index (χ0v) is 21.4. The number of aliphatic hydroxyl groups excluding tert-OH is 1. The van der Waals surface area contributed by atoms with E-state index in [2.05, 4.69) is 32.9 Å². The molecule has 0 fully saturated rings. The SMILES string of the molecule is CCCC(C1=CC=C(C(O)Nc2nn[nH]n2)CC1)N1C(=O)C(c2cc(Cl)cc(Cl)c2)=NC1(C)CC. The van der Waals surface area contributed by atoms with Gasteiger partial charge in [0.25, 0.3) is 11.9 Å². The Morgan fingerprint density at radius 1 is 1.17 bits per heavy atom. The van der Waals surface area contributed by atoms with Crippen LogP contribution in [0.4, 0.5) is 5.95 Å². The predicted octanol–water partition coefficient (Wildman–Crippen LogP) is 4.51. The number of tetrazole rings is 1. The van der Waals surface area contributed by atoms with Crippen molar-refractivity contribution in [2.45, 2.75) is 70.8 Å². The lowest BCUT2D eigenvalue weighted by molar-refractivity contribution is -0.129. The number of hydrogen-bond acceptors (Lipinski definition) is 7. The van der Waals surface area contributed by atoms with Crippen LogP contribution in [0.3, 0.4) is 0 Å². The molecule has 1 aromatic carbocycles. The van der Waals surface area contributed by atoms with Crippen LogP contribution in [0.25, 0.3) is 0 Å². The van der Waals surface area contributed by atoms with Gasteiger partial charge in [0.1, 0.15) is 17.6 Å². The van der Waals surface area contributed by atoms with Crippen molar-refractivity contribution >= 4 is 40.8 Å². The van der Waals surface area contributed by atoms with Crippen LogP contribution < -0.4 is 5.32 Å². The number of aromatic nitrogens is 4. The van der Waals surface area contributed by atoms with E-state index in [0.717, 1.165) is 24.0 Å². The average Bonchev–Trinajstić information content (AvgIpc) is 3.43. The molecule has 3 atom stereocenters. The Balaban J connectivity index is 1.62.